The number of rotatable bonds is 4. The number of anilines is 1. The molecular weight excluding hydrogens is 222 g/mol. The molecule has 4 N–H and O–H groups in total. The lowest BCUT2D eigenvalue weighted by atomic mass is 10.3. The van der Waals surface area contributed by atoms with E-state index in [-0.39, 0.29) is 17.7 Å². The van der Waals surface area contributed by atoms with E-state index >= 15 is 0 Å². The Kier molecular flexibility index (Phi) is 3.03. The monoisotopic (exact) mass is 235 g/mol. The van der Waals surface area contributed by atoms with Crippen LogP contribution in [0.2, 0.25) is 0 Å². The lowest BCUT2D eigenvalue weighted by Gasteiger charge is -2.00. The van der Waals surface area contributed by atoms with E-state index in [9.17, 15) is 4.79 Å². The SMILES string of the molecule is Cn1ccc(CCNC(=O)c2nc(N)n[nH]2)n1. The molecule has 0 saturated carbocycles. The van der Waals surface area contributed by atoms with E-state index in [0.717, 1.165) is 5.69 Å². The summed E-state index contributed by atoms with van der Waals surface area (Å²) in [5.41, 5.74) is 6.21. The van der Waals surface area contributed by atoms with Crippen LogP contribution in [0.4, 0.5) is 5.95 Å². The first kappa shape index (κ1) is 11.1. The Morgan fingerprint density at radius 2 is 2.47 bits per heavy atom. The van der Waals surface area contributed by atoms with E-state index in [2.05, 4.69) is 25.6 Å². The highest BCUT2D eigenvalue weighted by Crippen LogP contribution is 1.95. The lowest BCUT2D eigenvalue weighted by molar-refractivity contribution is 0.0944. The summed E-state index contributed by atoms with van der Waals surface area (Å²) in [6.45, 7) is 0.483. The zero-order valence-electron chi connectivity index (χ0n) is 9.34. The molecule has 8 heteroatoms. The molecule has 0 aromatic carbocycles. The highest BCUT2D eigenvalue weighted by Gasteiger charge is 2.09. The summed E-state index contributed by atoms with van der Waals surface area (Å²) in [6.07, 6.45) is 2.52. The fourth-order valence-corrected chi connectivity index (χ4v) is 1.36. The fraction of sp³-hybridized carbons (Fsp3) is 0.333. The van der Waals surface area contributed by atoms with Gasteiger partial charge in [-0.25, -0.2) is 0 Å². The number of aromatic amines is 1. The lowest BCUT2D eigenvalue weighted by Crippen LogP contribution is -2.26. The largest absolute Gasteiger partial charge is 0.366 e. The van der Waals surface area contributed by atoms with Crippen LogP contribution in [0, 0.1) is 0 Å². The molecule has 0 atom stereocenters. The number of nitrogens with two attached hydrogens (primary N) is 1. The molecule has 0 aliphatic rings. The second-order valence-corrected chi connectivity index (χ2v) is 3.53. The van der Waals surface area contributed by atoms with Crippen LogP contribution in [-0.2, 0) is 13.5 Å². The van der Waals surface area contributed by atoms with Crippen molar-refractivity contribution in [1.29, 1.82) is 0 Å². The second-order valence-electron chi connectivity index (χ2n) is 3.53. The van der Waals surface area contributed by atoms with Gasteiger partial charge in [-0.05, 0) is 6.07 Å². The topological polar surface area (TPSA) is 115 Å². The molecule has 2 rings (SSSR count). The minimum atomic E-state index is -0.329. The maximum Gasteiger partial charge on any atom is 0.288 e. The summed E-state index contributed by atoms with van der Waals surface area (Å²) in [5, 5.41) is 12.9. The number of carbonyl (C=O) groups excluding carboxylic acids is 1. The number of carbonyl (C=O) groups is 1. The molecule has 0 unspecified atom stereocenters. The third kappa shape index (κ3) is 2.80. The van der Waals surface area contributed by atoms with Gasteiger partial charge in [-0.2, -0.15) is 10.1 Å². The predicted octanol–water partition coefficient (Wildman–Crippen LogP) is -0.907. The molecule has 0 saturated heterocycles. The van der Waals surface area contributed by atoms with Crippen molar-refractivity contribution in [2.45, 2.75) is 6.42 Å². The predicted molar refractivity (Wildman–Crippen MR) is 60.0 cm³/mol. The zero-order chi connectivity index (χ0) is 12.3. The van der Waals surface area contributed by atoms with E-state index in [0.29, 0.717) is 13.0 Å². The number of nitrogens with zero attached hydrogens (tertiary/aromatic N) is 4. The van der Waals surface area contributed by atoms with E-state index < -0.39 is 0 Å². The Labute approximate surface area is 97.2 Å². The molecule has 0 aliphatic carbocycles. The van der Waals surface area contributed by atoms with Gasteiger partial charge >= 0.3 is 0 Å². The minimum Gasteiger partial charge on any atom is -0.366 e. The van der Waals surface area contributed by atoms with Crippen LogP contribution in [0.1, 0.15) is 16.3 Å². The quantitative estimate of drug-likeness (QED) is 0.635. The molecule has 2 aromatic rings. The first-order valence-electron chi connectivity index (χ1n) is 5.10. The van der Waals surface area contributed by atoms with Gasteiger partial charge < -0.3 is 11.1 Å². The van der Waals surface area contributed by atoms with Crippen LogP contribution < -0.4 is 11.1 Å². The minimum absolute atomic E-state index is 0.0554. The summed E-state index contributed by atoms with van der Waals surface area (Å²) in [4.78, 5) is 15.2. The molecule has 2 aromatic heterocycles. The van der Waals surface area contributed by atoms with Crippen molar-refractivity contribution in [2.24, 2.45) is 7.05 Å². The van der Waals surface area contributed by atoms with Gasteiger partial charge in [0.25, 0.3) is 5.91 Å². The van der Waals surface area contributed by atoms with E-state index in [4.69, 9.17) is 5.73 Å². The Morgan fingerprint density at radius 3 is 3.06 bits per heavy atom. The van der Waals surface area contributed by atoms with Crippen LogP contribution in [0.5, 0.6) is 0 Å². The number of amides is 1. The second kappa shape index (κ2) is 4.64. The van der Waals surface area contributed by atoms with Gasteiger partial charge in [0.05, 0.1) is 5.69 Å². The third-order valence-electron chi connectivity index (χ3n) is 2.15. The molecule has 0 aliphatic heterocycles. The normalized spacial score (nSPS) is 10.4. The van der Waals surface area contributed by atoms with Crippen LogP contribution in [0.3, 0.4) is 0 Å². The summed E-state index contributed by atoms with van der Waals surface area (Å²) < 4.78 is 1.72. The number of hydrogen-bond donors (Lipinski definition) is 3. The molecule has 90 valence electrons. The van der Waals surface area contributed by atoms with Gasteiger partial charge in [-0.3, -0.25) is 14.6 Å². The van der Waals surface area contributed by atoms with Crippen molar-refractivity contribution >= 4 is 11.9 Å². The van der Waals surface area contributed by atoms with Crippen LogP contribution in [0.25, 0.3) is 0 Å². The van der Waals surface area contributed by atoms with Crippen LogP contribution in [-0.4, -0.2) is 37.4 Å². The van der Waals surface area contributed by atoms with Crippen molar-refractivity contribution in [3.63, 3.8) is 0 Å². The van der Waals surface area contributed by atoms with Gasteiger partial charge in [0, 0.05) is 26.2 Å². The fourth-order valence-electron chi connectivity index (χ4n) is 1.36. The first-order chi connectivity index (χ1) is 8.15. The van der Waals surface area contributed by atoms with Crippen molar-refractivity contribution in [1.82, 2.24) is 30.3 Å². The van der Waals surface area contributed by atoms with Crippen LogP contribution >= 0.6 is 0 Å². The Morgan fingerprint density at radius 1 is 1.65 bits per heavy atom. The number of aryl methyl sites for hydroxylation is 1. The van der Waals surface area contributed by atoms with Gasteiger partial charge in [-0.1, -0.05) is 0 Å². The number of hydrogen-bond acceptors (Lipinski definition) is 5. The molecule has 0 spiro atoms. The highest BCUT2D eigenvalue weighted by atomic mass is 16.2. The Balaban J connectivity index is 1.81. The van der Waals surface area contributed by atoms with Gasteiger partial charge in [0.2, 0.25) is 11.8 Å². The number of nitrogen functional groups attached to an aromatic ring is 1. The molecule has 17 heavy (non-hydrogen) atoms. The standard InChI is InChI=1S/C9H13N7O/c1-16-5-3-6(15-16)2-4-11-8(17)7-12-9(10)14-13-7/h3,5H,2,4H2,1H3,(H,11,17)(H3,10,12,13,14). The highest BCUT2D eigenvalue weighted by molar-refractivity contribution is 5.90. The van der Waals surface area contributed by atoms with Crippen molar-refractivity contribution in [2.75, 3.05) is 12.3 Å². The summed E-state index contributed by atoms with van der Waals surface area (Å²) >= 11 is 0. The summed E-state index contributed by atoms with van der Waals surface area (Å²) in [7, 11) is 1.85. The molecule has 0 bridgehead atoms. The molecule has 0 fully saturated rings. The summed E-state index contributed by atoms with van der Waals surface area (Å²) in [5.74, 6) is -0.159. The molecule has 1 amide bonds. The zero-order valence-corrected chi connectivity index (χ0v) is 9.34. The number of H-pyrrole nitrogens is 1. The molecular formula is C9H13N7O. The Hall–Kier alpha value is -2.38. The van der Waals surface area contributed by atoms with E-state index in [1.807, 2.05) is 19.3 Å². The van der Waals surface area contributed by atoms with Crippen LogP contribution in [0.15, 0.2) is 12.3 Å². The van der Waals surface area contributed by atoms with Crippen molar-refractivity contribution in [3.05, 3.63) is 23.8 Å². The maximum absolute atomic E-state index is 11.5. The molecule has 8 nitrogen and oxygen atoms in total. The maximum atomic E-state index is 11.5. The average molecular weight is 235 g/mol. The van der Waals surface area contributed by atoms with Crippen molar-refractivity contribution < 1.29 is 4.79 Å². The smallest absolute Gasteiger partial charge is 0.288 e. The van der Waals surface area contributed by atoms with Gasteiger partial charge in [0.1, 0.15) is 0 Å². The van der Waals surface area contributed by atoms with Crippen molar-refractivity contribution in [3.8, 4) is 0 Å². The first-order valence-corrected chi connectivity index (χ1v) is 5.10. The third-order valence-corrected chi connectivity index (χ3v) is 2.15. The van der Waals surface area contributed by atoms with E-state index in [1.165, 1.54) is 0 Å². The number of aromatic nitrogens is 5. The average Bonchev–Trinajstić information content (AvgIpc) is 2.88. The summed E-state index contributed by atoms with van der Waals surface area (Å²) in [6, 6.07) is 1.90. The molecule has 2 heterocycles. The van der Waals surface area contributed by atoms with Gasteiger partial charge in [-0.15, -0.1) is 5.10 Å². The Bertz CT molecular complexity index is 515. The molecule has 0 radical (unpaired) electrons. The van der Waals surface area contributed by atoms with Gasteiger partial charge in [0.15, 0.2) is 0 Å². The van der Waals surface area contributed by atoms with E-state index in [1.54, 1.807) is 4.68 Å². The number of nitrogens with one attached hydrogen (secondary N) is 2.